The molecule has 0 radical (unpaired) electrons. The van der Waals surface area contributed by atoms with Crippen molar-refractivity contribution >= 4 is 27.3 Å². The summed E-state index contributed by atoms with van der Waals surface area (Å²) < 4.78 is 25.5. The molecule has 0 bridgehead atoms. The number of carbonyl (C=O) groups excluding carboxylic acids is 1. The molecular weight excluding hydrogens is 324 g/mol. The van der Waals surface area contributed by atoms with E-state index in [1.54, 1.807) is 37.3 Å². The highest BCUT2D eigenvalue weighted by Gasteiger charge is 2.29. The zero-order valence-corrected chi connectivity index (χ0v) is 15.1. The number of benzene rings is 2. The molecule has 0 aliphatic carbocycles. The van der Waals surface area contributed by atoms with Crippen molar-refractivity contribution in [2.24, 2.45) is 0 Å². The zero-order chi connectivity index (χ0) is 17.9. The number of rotatable bonds is 5. The molecule has 0 aliphatic rings. The summed E-state index contributed by atoms with van der Waals surface area (Å²) in [5.41, 5.74) is 3.09. The number of amides is 1. The molecule has 0 unspecified atom stereocenters. The Kier molecular flexibility index (Phi) is 5.29. The standard InChI is InChI=1S/C18H22N2O3S/c1-13-10-11-14(2)17(12-13)19-18(21)15(3)20(24(4,22)23)16-8-6-5-7-9-16/h5-12,15H,1-4H3,(H,19,21)/t15-/m1/s1. The Balaban J connectivity index is 2.31. The molecule has 0 spiro atoms. The Labute approximate surface area is 143 Å². The Morgan fingerprint density at radius 3 is 2.29 bits per heavy atom. The second-order valence-electron chi connectivity index (χ2n) is 5.88. The molecule has 2 rings (SSSR count). The van der Waals surface area contributed by atoms with E-state index in [1.807, 2.05) is 32.0 Å². The summed E-state index contributed by atoms with van der Waals surface area (Å²) in [7, 11) is -3.60. The van der Waals surface area contributed by atoms with E-state index in [4.69, 9.17) is 0 Å². The van der Waals surface area contributed by atoms with Crippen molar-refractivity contribution in [1.29, 1.82) is 0 Å². The third kappa shape index (κ3) is 4.14. The van der Waals surface area contributed by atoms with Crippen LogP contribution in [0, 0.1) is 13.8 Å². The van der Waals surface area contributed by atoms with Gasteiger partial charge in [0.2, 0.25) is 15.9 Å². The van der Waals surface area contributed by atoms with Crippen LogP contribution in [0.4, 0.5) is 11.4 Å². The highest BCUT2D eigenvalue weighted by Crippen LogP contribution is 2.22. The molecule has 128 valence electrons. The lowest BCUT2D eigenvalue weighted by Crippen LogP contribution is -2.45. The maximum atomic E-state index is 12.6. The van der Waals surface area contributed by atoms with Crippen molar-refractivity contribution in [2.75, 3.05) is 15.9 Å². The molecule has 1 atom stereocenters. The number of para-hydroxylation sites is 1. The van der Waals surface area contributed by atoms with Gasteiger partial charge in [-0.3, -0.25) is 9.10 Å². The minimum Gasteiger partial charge on any atom is -0.324 e. The van der Waals surface area contributed by atoms with Crippen molar-refractivity contribution in [3.63, 3.8) is 0 Å². The van der Waals surface area contributed by atoms with Crippen LogP contribution in [0.2, 0.25) is 0 Å². The second kappa shape index (κ2) is 7.05. The quantitative estimate of drug-likeness (QED) is 0.905. The molecular formula is C18H22N2O3S. The lowest BCUT2D eigenvalue weighted by molar-refractivity contribution is -0.116. The van der Waals surface area contributed by atoms with Crippen molar-refractivity contribution in [3.05, 3.63) is 59.7 Å². The normalized spacial score (nSPS) is 12.5. The van der Waals surface area contributed by atoms with Gasteiger partial charge in [-0.15, -0.1) is 0 Å². The van der Waals surface area contributed by atoms with Crippen LogP contribution in [0.5, 0.6) is 0 Å². The summed E-state index contributed by atoms with van der Waals surface area (Å²) in [6.45, 7) is 5.41. The Morgan fingerprint density at radius 2 is 1.71 bits per heavy atom. The molecule has 2 aromatic rings. The van der Waals surface area contributed by atoms with Crippen LogP contribution in [0.3, 0.4) is 0 Å². The molecule has 1 amide bonds. The lowest BCUT2D eigenvalue weighted by Gasteiger charge is -2.28. The van der Waals surface area contributed by atoms with Crippen LogP contribution in [0.15, 0.2) is 48.5 Å². The van der Waals surface area contributed by atoms with E-state index < -0.39 is 16.1 Å². The van der Waals surface area contributed by atoms with Crippen molar-refractivity contribution in [2.45, 2.75) is 26.8 Å². The molecule has 0 heterocycles. The van der Waals surface area contributed by atoms with Crippen LogP contribution in [0.1, 0.15) is 18.1 Å². The molecule has 6 heteroatoms. The summed E-state index contributed by atoms with van der Waals surface area (Å²) in [4.78, 5) is 12.6. The number of nitrogens with zero attached hydrogens (tertiary/aromatic N) is 1. The summed E-state index contributed by atoms with van der Waals surface area (Å²) in [6, 6.07) is 13.5. The molecule has 0 saturated carbocycles. The minimum atomic E-state index is -3.60. The molecule has 1 N–H and O–H groups in total. The molecule has 2 aromatic carbocycles. The van der Waals surface area contributed by atoms with E-state index in [1.165, 1.54) is 0 Å². The van der Waals surface area contributed by atoms with Gasteiger partial charge >= 0.3 is 0 Å². The number of sulfonamides is 1. The van der Waals surface area contributed by atoms with Crippen molar-refractivity contribution in [3.8, 4) is 0 Å². The average molecular weight is 346 g/mol. The Hall–Kier alpha value is -2.34. The molecule has 0 aliphatic heterocycles. The van der Waals surface area contributed by atoms with E-state index in [9.17, 15) is 13.2 Å². The van der Waals surface area contributed by atoms with Gasteiger partial charge in [0, 0.05) is 5.69 Å². The monoisotopic (exact) mass is 346 g/mol. The van der Waals surface area contributed by atoms with Crippen LogP contribution in [-0.4, -0.2) is 26.6 Å². The Morgan fingerprint density at radius 1 is 1.08 bits per heavy atom. The fourth-order valence-electron chi connectivity index (χ4n) is 2.49. The fraction of sp³-hybridized carbons (Fsp3) is 0.278. The largest absolute Gasteiger partial charge is 0.324 e. The molecule has 0 aromatic heterocycles. The maximum Gasteiger partial charge on any atom is 0.248 e. The van der Waals surface area contributed by atoms with Crippen LogP contribution in [0.25, 0.3) is 0 Å². The fourth-order valence-corrected chi connectivity index (χ4v) is 3.67. The minimum absolute atomic E-state index is 0.377. The summed E-state index contributed by atoms with van der Waals surface area (Å²) in [5, 5.41) is 2.83. The summed E-state index contributed by atoms with van der Waals surface area (Å²) >= 11 is 0. The van der Waals surface area contributed by atoms with Gasteiger partial charge in [-0.1, -0.05) is 30.3 Å². The van der Waals surface area contributed by atoms with Crippen LogP contribution < -0.4 is 9.62 Å². The lowest BCUT2D eigenvalue weighted by atomic mass is 10.1. The predicted octanol–water partition coefficient (Wildman–Crippen LogP) is 3.10. The topological polar surface area (TPSA) is 66.5 Å². The van der Waals surface area contributed by atoms with E-state index in [2.05, 4.69) is 5.32 Å². The second-order valence-corrected chi connectivity index (χ2v) is 7.74. The number of anilines is 2. The maximum absolute atomic E-state index is 12.6. The van der Waals surface area contributed by atoms with E-state index in [-0.39, 0.29) is 5.91 Å². The molecule has 5 nitrogen and oxygen atoms in total. The summed E-state index contributed by atoms with van der Waals surface area (Å²) in [6.07, 6.45) is 1.10. The third-order valence-electron chi connectivity index (χ3n) is 3.75. The summed E-state index contributed by atoms with van der Waals surface area (Å²) in [5.74, 6) is -0.377. The first-order valence-electron chi connectivity index (χ1n) is 7.62. The van der Waals surface area contributed by atoms with Gasteiger partial charge in [0.1, 0.15) is 6.04 Å². The molecule has 24 heavy (non-hydrogen) atoms. The zero-order valence-electron chi connectivity index (χ0n) is 14.3. The SMILES string of the molecule is Cc1ccc(C)c(NC(=O)[C@@H](C)N(c2ccccc2)S(C)(=O)=O)c1. The average Bonchev–Trinajstić information content (AvgIpc) is 2.50. The van der Waals surface area contributed by atoms with Gasteiger partial charge in [0.15, 0.2) is 0 Å². The van der Waals surface area contributed by atoms with Crippen LogP contribution >= 0.6 is 0 Å². The van der Waals surface area contributed by atoms with E-state index >= 15 is 0 Å². The highest BCUT2D eigenvalue weighted by atomic mass is 32.2. The van der Waals surface area contributed by atoms with Gasteiger partial charge in [0.25, 0.3) is 0 Å². The predicted molar refractivity (Wildman–Crippen MR) is 97.8 cm³/mol. The Bertz CT molecular complexity index is 833. The van der Waals surface area contributed by atoms with Gasteiger partial charge in [-0.05, 0) is 50.1 Å². The third-order valence-corrected chi connectivity index (χ3v) is 4.99. The van der Waals surface area contributed by atoms with Crippen molar-refractivity contribution in [1.82, 2.24) is 0 Å². The van der Waals surface area contributed by atoms with Gasteiger partial charge in [0.05, 0.1) is 11.9 Å². The first-order valence-corrected chi connectivity index (χ1v) is 9.47. The van der Waals surface area contributed by atoms with Gasteiger partial charge in [-0.25, -0.2) is 8.42 Å². The number of hydrogen-bond donors (Lipinski definition) is 1. The van der Waals surface area contributed by atoms with Crippen molar-refractivity contribution < 1.29 is 13.2 Å². The van der Waals surface area contributed by atoms with E-state index in [0.29, 0.717) is 11.4 Å². The number of carbonyl (C=O) groups is 1. The van der Waals surface area contributed by atoms with Gasteiger partial charge in [-0.2, -0.15) is 0 Å². The number of nitrogens with one attached hydrogen (secondary N) is 1. The molecule has 0 fully saturated rings. The first-order chi connectivity index (χ1) is 11.2. The molecule has 0 saturated heterocycles. The van der Waals surface area contributed by atoms with Crippen LogP contribution in [-0.2, 0) is 14.8 Å². The smallest absolute Gasteiger partial charge is 0.248 e. The highest BCUT2D eigenvalue weighted by molar-refractivity contribution is 7.92. The first kappa shape index (κ1) is 18.0. The van der Waals surface area contributed by atoms with Gasteiger partial charge < -0.3 is 5.32 Å². The number of aryl methyl sites for hydroxylation is 2. The number of hydrogen-bond acceptors (Lipinski definition) is 3. The van der Waals surface area contributed by atoms with E-state index in [0.717, 1.165) is 21.7 Å².